The van der Waals surface area contributed by atoms with Gasteiger partial charge in [0.15, 0.2) is 0 Å². The van der Waals surface area contributed by atoms with Crippen LogP contribution < -0.4 is 16.2 Å². The number of hydrogen-bond acceptors (Lipinski definition) is 5. The molecule has 2 amide bonds. The molecule has 3 N–H and O–H groups in total. The second kappa shape index (κ2) is 7.73. The lowest BCUT2D eigenvalue weighted by atomic mass is 10.2. The van der Waals surface area contributed by atoms with Crippen molar-refractivity contribution in [3.8, 4) is 5.95 Å². The highest BCUT2D eigenvalue weighted by atomic mass is 16.2. The fraction of sp³-hybridized carbons (Fsp3) is 0.438. The molecule has 2 aromatic heterocycles. The molecule has 25 heavy (non-hydrogen) atoms. The highest BCUT2D eigenvalue weighted by Crippen LogP contribution is 2.14. The first kappa shape index (κ1) is 18.4. The molecule has 0 saturated carbocycles. The van der Waals surface area contributed by atoms with Crippen LogP contribution in [0.3, 0.4) is 0 Å². The van der Waals surface area contributed by atoms with Crippen LogP contribution in [0.2, 0.25) is 0 Å². The minimum absolute atomic E-state index is 0.107. The van der Waals surface area contributed by atoms with Gasteiger partial charge in [-0.05, 0) is 26.7 Å². The van der Waals surface area contributed by atoms with Crippen LogP contribution >= 0.6 is 0 Å². The van der Waals surface area contributed by atoms with Crippen LogP contribution in [0.5, 0.6) is 0 Å². The maximum absolute atomic E-state index is 12.1. The first-order valence-electron chi connectivity index (χ1n) is 8.13. The fourth-order valence-electron chi connectivity index (χ4n) is 2.09. The molecule has 9 nitrogen and oxygen atoms in total. The third-order valence-electron chi connectivity index (χ3n) is 3.61. The van der Waals surface area contributed by atoms with Gasteiger partial charge in [0, 0.05) is 23.9 Å². The van der Waals surface area contributed by atoms with E-state index in [9.17, 15) is 14.4 Å². The predicted molar refractivity (Wildman–Crippen MR) is 92.6 cm³/mol. The number of carbonyl (C=O) groups is 2. The van der Waals surface area contributed by atoms with E-state index in [1.54, 1.807) is 13.0 Å². The molecule has 0 aromatic carbocycles. The van der Waals surface area contributed by atoms with Crippen molar-refractivity contribution in [3.05, 3.63) is 33.9 Å². The number of hydrogen-bond donors (Lipinski definition) is 3. The second-order valence-corrected chi connectivity index (χ2v) is 5.73. The van der Waals surface area contributed by atoms with Crippen LogP contribution in [0, 0.1) is 6.92 Å². The molecule has 134 valence electrons. The van der Waals surface area contributed by atoms with Gasteiger partial charge in [-0.2, -0.15) is 9.78 Å². The normalized spacial score (nSPS) is 11.8. The van der Waals surface area contributed by atoms with Crippen LogP contribution in [0.1, 0.15) is 38.6 Å². The number of aromatic nitrogens is 4. The van der Waals surface area contributed by atoms with Gasteiger partial charge in [-0.25, -0.2) is 4.98 Å². The van der Waals surface area contributed by atoms with Crippen LogP contribution in [0.4, 0.5) is 5.82 Å². The van der Waals surface area contributed by atoms with Crippen molar-refractivity contribution in [2.75, 3.05) is 5.32 Å². The second-order valence-electron chi connectivity index (χ2n) is 5.73. The van der Waals surface area contributed by atoms with Gasteiger partial charge in [0.25, 0.3) is 5.56 Å². The summed E-state index contributed by atoms with van der Waals surface area (Å²) in [7, 11) is 0. The van der Waals surface area contributed by atoms with Crippen molar-refractivity contribution in [1.29, 1.82) is 0 Å². The standard InChI is InChI=1S/C16H22N6O3/c1-5-9(3)17-14(24)15(25)19-12-7-10(4)21-22(12)16-18-11(6-2)8-13(23)20-16/h7-9H,5-6H2,1-4H3,(H,17,24)(H,19,25)(H,18,20,23)/t9-/m1/s1. The van der Waals surface area contributed by atoms with Gasteiger partial charge in [0.05, 0.1) is 5.69 Å². The van der Waals surface area contributed by atoms with E-state index in [1.807, 2.05) is 20.8 Å². The summed E-state index contributed by atoms with van der Waals surface area (Å²) >= 11 is 0. The summed E-state index contributed by atoms with van der Waals surface area (Å²) < 4.78 is 1.30. The fourth-order valence-corrected chi connectivity index (χ4v) is 2.09. The lowest BCUT2D eigenvalue weighted by molar-refractivity contribution is -0.136. The Labute approximate surface area is 144 Å². The summed E-state index contributed by atoms with van der Waals surface area (Å²) in [5, 5.41) is 9.32. The summed E-state index contributed by atoms with van der Waals surface area (Å²) in [5.41, 5.74) is 0.877. The Morgan fingerprint density at radius 1 is 1.28 bits per heavy atom. The Morgan fingerprint density at radius 2 is 2.00 bits per heavy atom. The van der Waals surface area contributed by atoms with Gasteiger partial charge >= 0.3 is 11.8 Å². The lowest BCUT2D eigenvalue weighted by Crippen LogP contribution is -2.40. The van der Waals surface area contributed by atoms with Crippen molar-refractivity contribution >= 4 is 17.6 Å². The SMILES string of the molecule is CCc1cc(=O)[nH]c(-n2nc(C)cc2NC(=O)C(=O)N[C@H](C)CC)n1. The number of carbonyl (C=O) groups excluding carboxylic acids is 2. The lowest BCUT2D eigenvalue weighted by Gasteiger charge is -2.12. The van der Waals surface area contributed by atoms with Crippen molar-refractivity contribution in [2.24, 2.45) is 0 Å². The smallest absolute Gasteiger partial charge is 0.314 e. The van der Waals surface area contributed by atoms with Crippen LogP contribution in [-0.4, -0.2) is 37.6 Å². The van der Waals surface area contributed by atoms with Gasteiger partial charge in [-0.3, -0.25) is 19.4 Å². The van der Waals surface area contributed by atoms with Crippen LogP contribution in [0.15, 0.2) is 16.9 Å². The molecule has 0 saturated heterocycles. The molecule has 2 aromatic rings. The van der Waals surface area contributed by atoms with Gasteiger partial charge in [-0.1, -0.05) is 13.8 Å². The number of rotatable bonds is 5. The molecular weight excluding hydrogens is 324 g/mol. The monoisotopic (exact) mass is 346 g/mol. The third-order valence-corrected chi connectivity index (χ3v) is 3.61. The van der Waals surface area contributed by atoms with Crippen molar-refractivity contribution in [2.45, 2.75) is 46.6 Å². The van der Waals surface area contributed by atoms with E-state index in [2.05, 4.69) is 25.7 Å². The topological polar surface area (TPSA) is 122 Å². The number of H-pyrrole nitrogens is 1. The minimum atomic E-state index is -0.810. The molecule has 0 unspecified atom stereocenters. The van der Waals surface area contributed by atoms with Crippen LogP contribution in [0.25, 0.3) is 5.95 Å². The summed E-state index contributed by atoms with van der Waals surface area (Å²) in [6, 6.07) is 2.88. The number of aryl methyl sites for hydroxylation is 2. The molecule has 0 bridgehead atoms. The molecule has 0 spiro atoms. The van der Waals surface area contributed by atoms with E-state index in [0.717, 1.165) is 0 Å². The maximum atomic E-state index is 12.1. The first-order valence-corrected chi connectivity index (χ1v) is 8.13. The summed E-state index contributed by atoms with van der Waals surface area (Å²) in [4.78, 5) is 42.6. The average Bonchev–Trinajstić information content (AvgIpc) is 2.94. The number of nitrogens with zero attached hydrogens (tertiary/aromatic N) is 3. The molecule has 0 aliphatic heterocycles. The largest absolute Gasteiger partial charge is 0.345 e. The molecule has 1 atom stereocenters. The molecule has 2 heterocycles. The highest BCUT2D eigenvalue weighted by Gasteiger charge is 2.19. The zero-order valence-corrected chi connectivity index (χ0v) is 14.7. The minimum Gasteiger partial charge on any atom is -0.345 e. The maximum Gasteiger partial charge on any atom is 0.314 e. The van der Waals surface area contributed by atoms with E-state index in [0.29, 0.717) is 24.2 Å². The van der Waals surface area contributed by atoms with E-state index >= 15 is 0 Å². The van der Waals surface area contributed by atoms with E-state index < -0.39 is 11.8 Å². The zero-order chi connectivity index (χ0) is 18.6. The van der Waals surface area contributed by atoms with Gasteiger partial charge < -0.3 is 10.6 Å². The van der Waals surface area contributed by atoms with Crippen molar-refractivity contribution in [3.63, 3.8) is 0 Å². The van der Waals surface area contributed by atoms with Crippen LogP contribution in [-0.2, 0) is 16.0 Å². The number of anilines is 1. The Bertz CT molecular complexity index is 839. The molecule has 0 radical (unpaired) electrons. The molecule has 2 rings (SSSR count). The first-order chi connectivity index (χ1) is 11.8. The number of nitrogens with one attached hydrogen (secondary N) is 3. The zero-order valence-electron chi connectivity index (χ0n) is 14.7. The molecule has 0 aliphatic rings. The quantitative estimate of drug-likeness (QED) is 0.687. The molecule has 0 aliphatic carbocycles. The molecule has 9 heteroatoms. The van der Waals surface area contributed by atoms with Gasteiger partial charge in [0.1, 0.15) is 5.82 Å². The predicted octanol–water partition coefficient (Wildman–Crippen LogP) is 0.680. The number of amides is 2. The molecular formula is C16H22N6O3. The molecule has 0 fully saturated rings. The van der Waals surface area contributed by atoms with Gasteiger partial charge in [0.2, 0.25) is 5.95 Å². The van der Waals surface area contributed by atoms with E-state index in [1.165, 1.54) is 10.7 Å². The third kappa shape index (κ3) is 4.52. The summed E-state index contributed by atoms with van der Waals surface area (Å²) in [6.45, 7) is 7.32. The summed E-state index contributed by atoms with van der Waals surface area (Å²) in [6.07, 6.45) is 1.29. The Balaban J connectivity index is 2.30. The number of aromatic amines is 1. The average molecular weight is 346 g/mol. The van der Waals surface area contributed by atoms with Crippen molar-refractivity contribution in [1.82, 2.24) is 25.1 Å². The highest BCUT2D eigenvalue weighted by molar-refractivity contribution is 6.39. The van der Waals surface area contributed by atoms with E-state index in [-0.39, 0.29) is 23.4 Å². The van der Waals surface area contributed by atoms with E-state index in [4.69, 9.17) is 0 Å². The Morgan fingerprint density at radius 3 is 2.64 bits per heavy atom. The Kier molecular flexibility index (Phi) is 5.68. The van der Waals surface area contributed by atoms with Crippen molar-refractivity contribution < 1.29 is 9.59 Å². The van der Waals surface area contributed by atoms with Gasteiger partial charge in [-0.15, -0.1) is 0 Å². The Hall–Kier alpha value is -2.97. The summed E-state index contributed by atoms with van der Waals surface area (Å²) in [5.74, 6) is -1.12.